The number of urea groups is 1. The Morgan fingerprint density at radius 2 is 1.41 bits per heavy atom. The van der Waals surface area contributed by atoms with Gasteiger partial charge in [0.1, 0.15) is 0 Å². The summed E-state index contributed by atoms with van der Waals surface area (Å²) in [6.07, 6.45) is 0. The summed E-state index contributed by atoms with van der Waals surface area (Å²) in [7, 11) is 0. The molecule has 0 aliphatic carbocycles. The number of amides is 2. The number of nitrogens with two attached hydrogens (primary N) is 1. The third kappa shape index (κ3) is 4.71. The van der Waals surface area contributed by atoms with Crippen LogP contribution >= 0.6 is 22.6 Å². The second kappa shape index (κ2) is 7.60. The van der Waals surface area contributed by atoms with Gasteiger partial charge in [0.15, 0.2) is 0 Å². The van der Waals surface area contributed by atoms with E-state index in [2.05, 4.69) is 71.3 Å². The number of rotatable bonds is 5. The number of anilines is 1. The van der Waals surface area contributed by atoms with Gasteiger partial charge in [-0.1, -0.05) is 24.3 Å². The first-order chi connectivity index (χ1) is 10.5. The van der Waals surface area contributed by atoms with E-state index in [9.17, 15) is 4.79 Å². The fourth-order valence-electron chi connectivity index (χ4n) is 2.32. The van der Waals surface area contributed by atoms with Crippen molar-refractivity contribution in [2.24, 2.45) is 5.73 Å². The molecule has 2 unspecified atom stereocenters. The van der Waals surface area contributed by atoms with Crippen LogP contribution in [0.25, 0.3) is 0 Å². The molecule has 0 aliphatic rings. The van der Waals surface area contributed by atoms with Crippen molar-refractivity contribution in [3.8, 4) is 0 Å². The summed E-state index contributed by atoms with van der Waals surface area (Å²) in [5, 5.41) is 6.14. The van der Waals surface area contributed by atoms with E-state index in [4.69, 9.17) is 5.73 Å². The highest BCUT2D eigenvalue weighted by Gasteiger charge is 2.11. The molecule has 116 valence electrons. The van der Waals surface area contributed by atoms with Crippen LogP contribution in [0.5, 0.6) is 0 Å². The summed E-state index contributed by atoms with van der Waals surface area (Å²) in [6, 6.07) is 16.1. The van der Waals surface area contributed by atoms with Crippen LogP contribution in [0.3, 0.4) is 0 Å². The quantitative estimate of drug-likeness (QED) is 0.649. The van der Waals surface area contributed by atoms with Crippen LogP contribution in [0.1, 0.15) is 37.1 Å². The number of nitrogens with one attached hydrogen (secondary N) is 2. The van der Waals surface area contributed by atoms with E-state index in [0.717, 1.165) is 5.56 Å². The van der Waals surface area contributed by atoms with E-state index < -0.39 is 6.03 Å². The van der Waals surface area contributed by atoms with Gasteiger partial charge in [-0.2, -0.15) is 0 Å². The molecule has 0 spiro atoms. The maximum absolute atomic E-state index is 10.8. The molecule has 0 saturated carbocycles. The van der Waals surface area contributed by atoms with Crippen LogP contribution in [0.4, 0.5) is 10.5 Å². The third-order valence-electron chi connectivity index (χ3n) is 3.55. The monoisotopic (exact) mass is 409 g/mol. The Hall–Kier alpha value is -1.60. The molecule has 22 heavy (non-hydrogen) atoms. The second-order valence-corrected chi connectivity index (χ2v) is 6.52. The summed E-state index contributed by atoms with van der Waals surface area (Å²) in [5.41, 5.74) is 8.23. The summed E-state index contributed by atoms with van der Waals surface area (Å²) >= 11 is 2.31. The molecule has 0 radical (unpaired) electrons. The Morgan fingerprint density at radius 3 is 1.86 bits per heavy atom. The topological polar surface area (TPSA) is 67.2 Å². The van der Waals surface area contributed by atoms with Gasteiger partial charge in [0.2, 0.25) is 0 Å². The summed E-state index contributed by atoms with van der Waals surface area (Å²) in [5.74, 6) is 0. The van der Waals surface area contributed by atoms with Crippen molar-refractivity contribution in [3.05, 3.63) is 63.2 Å². The predicted octanol–water partition coefficient (Wildman–Crippen LogP) is 4.19. The van der Waals surface area contributed by atoms with Crippen LogP contribution in [0.2, 0.25) is 0 Å². The summed E-state index contributed by atoms with van der Waals surface area (Å²) < 4.78 is 1.24. The zero-order valence-corrected chi connectivity index (χ0v) is 14.8. The number of carbonyl (C=O) groups is 1. The van der Waals surface area contributed by atoms with E-state index in [1.165, 1.54) is 9.13 Å². The molecule has 4 N–H and O–H groups in total. The molecule has 2 rings (SSSR count). The van der Waals surface area contributed by atoms with Crippen molar-refractivity contribution in [1.82, 2.24) is 5.32 Å². The number of carbonyl (C=O) groups excluding carboxylic acids is 1. The first kappa shape index (κ1) is 16.8. The van der Waals surface area contributed by atoms with Crippen LogP contribution in [0.15, 0.2) is 48.5 Å². The standard InChI is InChI=1S/C17H20IN3O/c1-11(13-3-7-15(18)8-4-13)20-12(2)14-5-9-16(10-6-14)21-17(19)22/h3-12,20H,1-2H3,(H3,19,21,22). The highest BCUT2D eigenvalue weighted by Crippen LogP contribution is 2.21. The number of primary amides is 1. The van der Waals surface area contributed by atoms with Crippen LogP contribution in [0, 0.1) is 3.57 Å². The van der Waals surface area contributed by atoms with Gasteiger partial charge in [-0.25, -0.2) is 4.79 Å². The van der Waals surface area contributed by atoms with Crippen LogP contribution in [-0.4, -0.2) is 6.03 Å². The van der Waals surface area contributed by atoms with Crippen LogP contribution < -0.4 is 16.4 Å². The molecule has 4 nitrogen and oxygen atoms in total. The first-order valence-corrected chi connectivity index (χ1v) is 8.21. The van der Waals surface area contributed by atoms with Crippen LogP contribution in [-0.2, 0) is 0 Å². The minimum Gasteiger partial charge on any atom is -0.351 e. The smallest absolute Gasteiger partial charge is 0.316 e. The Kier molecular flexibility index (Phi) is 5.79. The van der Waals surface area contributed by atoms with Gasteiger partial charge in [-0.05, 0) is 71.8 Å². The molecule has 0 fully saturated rings. The average Bonchev–Trinajstić information content (AvgIpc) is 2.48. The fraction of sp³-hybridized carbons (Fsp3) is 0.235. The predicted molar refractivity (Wildman–Crippen MR) is 98.8 cm³/mol. The third-order valence-corrected chi connectivity index (χ3v) is 4.27. The molecule has 2 atom stereocenters. The molecule has 0 saturated heterocycles. The lowest BCUT2D eigenvalue weighted by molar-refractivity contribution is 0.259. The average molecular weight is 409 g/mol. The molecule has 2 aromatic rings. The fourth-order valence-corrected chi connectivity index (χ4v) is 2.68. The molecular weight excluding hydrogens is 389 g/mol. The Morgan fingerprint density at radius 1 is 0.955 bits per heavy atom. The molecule has 0 aromatic heterocycles. The molecule has 2 aromatic carbocycles. The van der Waals surface area contributed by atoms with E-state index in [-0.39, 0.29) is 12.1 Å². The lowest BCUT2D eigenvalue weighted by atomic mass is 10.0. The number of hydrogen-bond donors (Lipinski definition) is 3. The van der Waals surface area contributed by atoms with E-state index in [1.54, 1.807) is 0 Å². The van der Waals surface area contributed by atoms with Crippen molar-refractivity contribution in [3.63, 3.8) is 0 Å². The SMILES string of the molecule is CC(NC(C)c1ccc(NC(N)=O)cc1)c1ccc(I)cc1. The van der Waals surface area contributed by atoms with Gasteiger partial charge in [0, 0.05) is 21.3 Å². The second-order valence-electron chi connectivity index (χ2n) is 5.27. The summed E-state index contributed by atoms with van der Waals surface area (Å²) in [4.78, 5) is 10.8. The lowest BCUT2D eigenvalue weighted by Crippen LogP contribution is -2.22. The number of benzene rings is 2. The highest BCUT2D eigenvalue weighted by atomic mass is 127. The van der Waals surface area contributed by atoms with Crippen molar-refractivity contribution >= 4 is 34.3 Å². The molecule has 0 heterocycles. The minimum absolute atomic E-state index is 0.205. The zero-order chi connectivity index (χ0) is 16.1. The zero-order valence-electron chi connectivity index (χ0n) is 12.6. The van der Waals surface area contributed by atoms with E-state index >= 15 is 0 Å². The number of halogens is 1. The molecular formula is C17H20IN3O. The lowest BCUT2D eigenvalue weighted by Gasteiger charge is -2.21. The van der Waals surface area contributed by atoms with Crippen molar-refractivity contribution < 1.29 is 4.79 Å². The van der Waals surface area contributed by atoms with E-state index in [1.807, 2.05) is 24.3 Å². The molecule has 2 amide bonds. The van der Waals surface area contributed by atoms with Gasteiger partial charge in [0.05, 0.1) is 0 Å². The summed E-state index contributed by atoms with van der Waals surface area (Å²) in [6.45, 7) is 4.28. The van der Waals surface area contributed by atoms with Gasteiger partial charge in [0.25, 0.3) is 0 Å². The molecule has 0 aliphatic heterocycles. The normalized spacial score (nSPS) is 13.4. The van der Waals surface area contributed by atoms with Gasteiger partial charge in [-0.3, -0.25) is 0 Å². The van der Waals surface area contributed by atoms with Crippen molar-refractivity contribution in [2.45, 2.75) is 25.9 Å². The van der Waals surface area contributed by atoms with Gasteiger partial charge >= 0.3 is 6.03 Å². The molecule has 5 heteroatoms. The van der Waals surface area contributed by atoms with Crippen molar-refractivity contribution in [1.29, 1.82) is 0 Å². The Labute approximate surface area is 144 Å². The first-order valence-electron chi connectivity index (χ1n) is 7.13. The van der Waals surface area contributed by atoms with Crippen molar-refractivity contribution in [2.75, 3.05) is 5.32 Å². The Bertz CT molecular complexity index is 625. The maximum atomic E-state index is 10.8. The van der Waals surface area contributed by atoms with Gasteiger partial charge < -0.3 is 16.4 Å². The number of hydrogen-bond acceptors (Lipinski definition) is 2. The van der Waals surface area contributed by atoms with E-state index in [0.29, 0.717) is 5.69 Å². The minimum atomic E-state index is -0.550. The largest absolute Gasteiger partial charge is 0.351 e. The van der Waals surface area contributed by atoms with Gasteiger partial charge in [-0.15, -0.1) is 0 Å². The maximum Gasteiger partial charge on any atom is 0.316 e. The highest BCUT2D eigenvalue weighted by molar-refractivity contribution is 14.1. The molecule has 0 bridgehead atoms. The Balaban J connectivity index is 2.00.